The number of nitrogens with zero attached hydrogens (tertiary/aromatic N) is 1. The molecule has 0 radical (unpaired) electrons. The van der Waals surface area contributed by atoms with Crippen molar-refractivity contribution in [3.8, 4) is 22.3 Å². The van der Waals surface area contributed by atoms with Crippen LogP contribution in [0.15, 0.2) is 180 Å². The summed E-state index contributed by atoms with van der Waals surface area (Å²) in [6, 6.07) is 63.1. The Bertz CT molecular complexity index is 2810. The standard InChI is InChI=1S/C46H29NOS/c1-3-10-30(11-4-1)32-18-21-35(22-19-32)47(36-16-9-15-34(28-36)31-12-5-2-6-13-31)37-23-26-42-40(29-37)45-43(49-42)27-25-41-44(45)39-24-20-33-14-7-8-17-38(33)46(39)48-41/h1-29H. The van der Waals surface area contributed by atoms with Gasteiger partial charge >= 0.3 is 0 Å². The van der Waals surface area contributed by atoms with Gasteiger partial charge in [0.05, 0.1) is 0 Å². The zero-order chi connectivity index (χ0) is 32.3. The molecule has 0 unspecified atom stereocenters. The van der Waals surface area contributed by atoms with Gasteiger partial charge < -0.3 is 9.32 Å². The largest absolute Gasteiger partial charge is 0.455 e. The van der Waals surface area contributed by atoms with Crippen LogP contribution >= 0.6 is 11.3 Å². The molecule has 0 aliphatic rings. The Balaban J connectivity index is 1.20. The fourth-order valence-corrected chi connectivity index (χ4v) is 8.42. The molecular formula is C46H29NOS. The van der Waals surface area contributed by atoms with Crippen LogP contribution in [0.5, 0.6) is 0 Å². The molecular weight excluding hydrogens is 615 g/mol. The Labute approximate surface area is 287 Å². The third-order valence-electron chi connectivity index (χ3n) is 9.64. The van der Waals surface area contributed by atoms with Crippen LogP contribution in [-0.2, 0) is 0 Å². The first-order chi connectivity index (χ1) is 24.3. The summed E-state index contributed by atoms with van der Waals surface area (Å²) in [5, 5.41) is 7.18. The van der Waals surface area contributed by atoms with Crippen molar-refractivity contribution in [2.24, 2.45) is 0 Å². The number of fused-ring (bicyclic) bond motifs is 9. The molecule has 3 heteroatoms. The first-order valence-electron chi connectivity index (χ1n) is 16.6. The molecule has 0 N–H and O–H groups in total. The van der Waals surface area contributed by atoms with Crippen molar-refractivity contribution in [1.82, 2.24) is 0 Å². The van der Waals surface area contributed by atoms with Crippen molar-refractivity contribution in [2.75, 3.05) is 4.90 Å². The lowest BCUT2D eigenvalue weighted by Crippen LogP contribution is -2.10. The van der Waals surface area contributed by atoms with E-state index in [0.717, 1.165) is 39.0 Å². The van der Waals surface area contributed by atoms with Gasteiger partial charge in [-0.25, -0.2) is 0 Å². The van der Waals surface area contributed by atoms with Gasteiger partial charge in [-0.05, 0) is 88.3 Å². The molecule has 0 aliphatic carbocycles. The van der Waals surface area contributed by atoms with Gasteiger partial charge in [0.1, 0.15) is 11.2 Å². The first-order valence-corrected chi connectivity index (χ1v) is 17.4. The van der Waals surface area contributed by atoms with Gasteiger partial charge in [-0.3, -0.25) is 0 Å². The van der Waals surface area contributed by atoms with Gasteiger partial charge in [-0.2, -0.15) is 0 Å². The highest BCUT2D eigenvalue weighted by Gasteiger charge is 2.19. The van der Waals surface area contributed by atoms with Crippen LogP contribution < -0.4 is 4.90 Å². The second-order valence-electron chi connectivity index (χ2n) is 12.5. The smallest absolute Gasteiger partial charge is 0.143 e. The summed E-state index contributed by atoms with van der Waals surface area (Å²) < 4.78 is 9.13. The SMILES string of the molecule is c1ccc(-c2ccc(N(c3cccc(-c4ccccc4)c3)c3ccc4sc5ccc6oc7c8ccccc8ccc7c6c5c4c3)cc2)cc1. The van der Waals surface area contributed by atoms with Crippen LogP contribution in [0.25, 0.3) is 75.1 Å². The van der Waals surface area contributed by atoms with Gasteiger partial charge in [-0.1, -0.05) is 115 Å². The van der Waals surface area contributed by atoms with Crippen molar-refractivity contribution < 1.29 is 4.42 Å². The number of hydrogen-bond acceptors (Lipinski definition) is 3. The highest BCUT2D eigenvalue weighted by molar-refractivity contribution is 7.26. The molecule has 0 saturated heterocycles. The number of rotatable bonds is 5. The van der Waals surface area contributed by atoms with Crippen molar-refractivity contribution in [1.29, 1.82) is 0 Å². The molecule has 0 amide bonds. The summed E-state index contributed by atoms with van der Waals surface area (Å²) >= 11 is 1.84. The molecule has 8 aromatic carbocycles. The van der Waals surface area contributed by atoms with E-state index in [1.165, 1.54) is 53.2 Å². The summed E-state index contributed by atoms with van der Waals surface area (Å²) in [6.45, 7) is 0. The fraction of sp³-hybridized carbons (Fsp3) is 0. The molecule has 2 nitrogen and oxygen atoms in total. The Morgan fingerprint density at radius 2 is 1.04 bits per heavy atom. The quantitative estimate of drug-likeness (QED) is 0.186. The molecule has 0 bridgehead atoms. The molecule has 49 heavy (non-hydrogen) atoms. The van der Waals surface area contributed by atoms with Gasteiger partial charge in [0.15, 0.2) is 0 Å². The van der Waals surface area contributed by atoms with Gasteiger partial charge in [0.2, 0.25) is 0 Å². The van der Waals surface area contributed by atoms with Crippen molar-refractivity contribution >= 4 is 81.3 Å². The predicted octanol–water partition coefficient (Wildman–Crippen LogP) is 13.9. The van der Waals surface area contributed by atoms with Crippen molar-refractivity contribution in [3.05, 3.63) is 176 Å². The molecule has 0 fully saturated rings. The van der Waals surface area contributed by atoms with E-state index in [1.54, 1.807) is 0 Å². The number of benzene rings is 8. The Hall–Kier alpha value is -6.16. The number of hydrogen-bond donors (Lipinski definition) is 0. The fourth-order valence-electron chi connectivity index (χ4n) is 7.32. The Morgan fingerprint density at radius 3 is 1.86 bits per heavy atom. The van der Waals surface area contributed by atoms with E-state index in [9.17, 15) is 0 Å². The van der Waals surface area contributed by atoms with E-state index in [0.29, 0.717) is 0 Å². The lowest BCUT2D eigenvalue weighted by atomic mass is 10.0. The van der Waals surface area contributed by atoms with Gasteiger partial charge in [-0.15, -0.1) is 11.3 Å². The van der Waals surface area contributed by atoms with E-state index in [4.69, 9.17) is 4.42 Å². The summed E-state index contributed by atoms with van der Waals surface area (Å²) in [7, 11) is 0. The summed E-state index contributed by atoms with van der Waals surface area (Å²) in [5.74, 6) is 0. The molecule has 10 aromatic rings. The third kappa shape index (κ3) is 4.62. The van der Waals surface area contributed by atoms with Crippen molar-refractivity contribution in [3.63, 3.8) is 0 Å². The van der Waals surface area contributed by atoms with Crippen molar-refractivity contribution in [2.45, 2.75) is 0 Å². The maximum atomic E-state index is 6.61. The second-order valence-corrected chi connectivity index (χ2v) is 13.6. The molecule has 2 aromatic heterocycles. The monoisotopic (exact) mass is 643 g/mol. The number of furan rings is 1. The average molecular weight is 644 g/mol. The molecule has 230 valence electrons. The Morgan fingerprint density at radius 1 is 0.388 bits per heavy atom. The van der Waals surface area contributed by atoms with Crippen LogP contribution in [0.3, 0.4) is 0 Å². The summed E-state index contributed by atoms with van der Waals surface area (Å²) in [5.41, 5.74) is 9.99. The molecule has 0 spiro atoms. The van der Waals surface area contributed by atoms with E-state index >= 15 is 0 Å². The minimum Gasteiger partial charge on any atom is -0.455 e. The summed E-state index contributed by atoms with van der Waals surface area (Å²) in [4.78, 5) is 2.38. The molecule has 2 heterocycles. The van der Waals surface area contributed by atoms with E-state index in [1.807, 2.05) is 11.3 Å². The third-order valence-corrected chi connectivity index (χ3v) is 10.8. The number of anilines is 3. The van der Waals surface area contributed by atoms with E-state index in [-0.39, 0.29) is 0 Å². The van der Waals surface area contributed by atoms with Gasteiger partial charge in [0, 0.05) is 53.4 Å². The molecule has 0 aliphatic heterocycles. The average Bonchev–Trinajstić information content (AvgIpc) is 3.74. The maximum absolute atomic E-state index is 6.61. The predicted molar refractivity (Wildman–Crippen MR) is 210 cm³/mol. The highest BCUT2D eigenvalue weighted by Crippen LogP contribution is 2.46. The lowest BCUT2D eigenvalue weighted by molar-refractivity contribution is 0.673. The minimum absolute atomic E-state index is 0.924. The van der Waals surface area contributed by atoms with Crippen LogP contribution in [0.2, 0.25) is 0 Å². The molecule has 0 atom stereocenters. The normalized spacial score (nSPS) is 11.7. The lowest BCUT2D eigenvalue weighted by Gasteiger charge is -2.26. The van der Waals surface area contributed by atoms with Crippen LogP contribution in [0.4, 0.5) is 17.1 Å². The number of thiophene rings is 1. The first kappa shape index (κ1) is 27.9. The van der Waals surface area contributed by atoms with Crippen LogP contribution in [0.1, 0.15) is 0 Å². The minimum atomic E-state index is 0.924. The van der Waals surface area contributed by atoms with E-state index in [2.05, 4.69) is 181 Å². The maximum Gasteiger partial charge on any atom is 0.143 e. The molecule has 0 saturated carbocycles. The van der Waals surface area contributed by atoms with Gasteiger partial charge in [0.25, 0.3) is 0 Å². The highest BCUT2D eigenvalue weighted by atomic mass is 32.1. The van der Waals surface area contributed by atoms with Crippen LogP contribution in [0, 0.1) is 0 Å². The summed E-state index contributed by atoms with van der Waals surface area (Å²) in [6.07, 6.45) is 0. The second kappa shape index (κ2) is 11.2. The van der Waals surface area contributed by atoms with Crippen LogP contribution in [-0.4, -0.2) is 0 Å². The van der Waals surface area contributed by atoms with E-state index < -0.39 is 0 Å². The zero-order valence-electron chi connectivity index (χ0n) is 26.5. The topological polar surface area (TPSA) is 16.4 Å². The molecule has 10 rings (SSSR count). The zero-order valence-corrected chi connectivity index (χ0v) is 27.3. The Kier molecular flexibility index (Phi) is 6.39.